The quantitative estimate of drug-likeness (QED) is 0.592. The molecular formula is C11H24N2O. The molecule has 3 nitrogen and oxygen atoms in total. The fourth-order valence-electron chi connectivity index (χ4n) is 1.93. The first-order valence-electron chi connectivity index (χ1n) is 5.80. The van der Waals surface area contributed by atoms with Gasteiger partial charge in [-0.25, -0.2) is 0 Å². The Balaban J connectivity index is 2.05. The van der Waals surface area contributed by atoms with Gasteiger partial charge in [0, 0.05) is 25.2 Å². The second kappa shape index (κ2) is 6.38. The molecule has 0 aliphatic carbocycles. The second-order valence-corrected chi connectivity index (χ2v) is 4.63. The van der Waals surface area contributed by atoms with Gasteiger partial charge in [0.1, 0.15) is 0 Å². The molecule has 1 saturated heterocycles. The lowest BCUT2D eigenvalue weighted by atomic mass is 10.1. The molecular weight excluding hydrogens is 176 g/mol. The van der Waals surface area contributed by atoms with E-state index in [2.05, 4.69) is 24.5 Å². The number of rotatable bonds is 6. The molecule has 0 radical (unpaired) electrons. The van der Waals surface area contributed by atoms with Gasteiger partial charge >= 0.3 is 0 Å². The number of aliphatic hydroxyl groups is 1. The zero-order chi connectivity index (χ0) is 10.4. The average molecular weight is 200 g/mol. The van der Waals surface area contributed by atoms with Gasteiger partial charge in [0.2, 0.25) is 0 Å². The van der Waals surface area contributed by atoms with Gasteiger partial charge in [-0.05, 0) is 38.6 Å². The van der Waals surface area contributed by atoms with Crippen molar-refractivity contribution in [2.45, 2.75) is 45.2 Å². The van der Waals surface area contributed by atoms with Crippen LogP contribution in [0.2, 0.25) is 0 Å². The predicted octanol–water partition coefficient (Wildman–Crippen LogP) is 0.735. The normalized spacial score (nSPS) is 26.4. The summed E-state index contributed by atoms with van der Waals surface area (Å²) in [6.45, 7) is 6.67. The maximum Gasteiger partial charge on any atom is 0.0468 e. The van der Waals surface area contributed by atoms with Crippen LogP contribution in [-0.4, -0.2) is 36.9 Å². The van der Waals surface area contributed by atoms with Gasteiger partial charge in [0.25, 0.3) is 0 Å². The first kappa shape index (κ1) is 12.0. The van der Waals surface area contributed by atoms with Crippen LogP contribution in [0.3, 0.4) is 0 Å². The fraction of sp³-hybridized carbons (Fsp3) is 1.00. The molecule has 3 N–H and O–H groups in total. The fourth-order valence-corrected chi connectivity index (χ4v) is 1.93. The molecule has 0 aromatic carbocycles. The molecule has 1 aliphatic rings. The predicted molar refractivity (Wildman–Crippen MR) is 59.4 cm³/mol. The van der Waals surface area contributed by atoms with Crippen LogP contribution in [0, 0.1) is 5.92 Å². The number of hydrogen-bond acceptors (Lipinski definition) is 3. The van der Waals surface area contributed by atoms with Crippen LogP contribution in [-0.2, 0) is 0 Å². The number of hydrogen-bond donors (Lipinski definition) is 3. The van der Waals surface area contributed by atoms with Gasteiger partial charge in [-0.1, -0.05) is 6.92 Å². The lowest BCUT2D eigenvalue weighted by Crippen LogP contribution is -2.36. The van der Waals surface area contributed by atoms with E-state index in [9.17, 15) is 0 Å². The lowest BCUT2D eigenvalue weighted by molar-refractivity contribution is 0.229. The molecule has 3 atom stereocenters. The van der Waals surface area contributed by atoms with Crippen molar-refractivity contribution in [1.82, 2.24) is 10.6 Å². The van der Waals surface area contributed by atoms with E-state index in [4.69, 9.17) is 5.11 Å². The molecule has 0 saturated carbocycles. The van der Waals surface area contributed by atoms with Crippen LogP contribution in [0.1, 0.15) is 33.1 Å². The first-order chi connectivity index (χ1) is 6.72. The Labute approximate surface area is 87.3 Å². The van der Waals surface area contributed by atoms with Crippen molar-refractivity contribution in [3.8, 4) is 0 Å². The van der Waals surface area contributed by atoms with E-state index < -0.39 is 0 Å². The summed E-state index contributed by atoms with van der Waals surface area (Å²) in [7, 11) is 0. The Morgan fingerprint density at radius 3 is 2.86 bits per heavy atom. The topological polar surface area (TPSA) is 44.3 Å². The van der Waals surface area contributed by atoms with Crippen molar-refractivity contribution in [3.05, 3.63) is 0 Å². The summed E-state index contributed by atoms with van der Waals surface area (Å²) in [6.07, 6.45) is 3.85. The van der Waals surface area contributed by atoms with Crippen LogP contribution in [0.15, 0.2) is 0 Å². The molecule has 1 rings (SSSR count). The van der Waals surface area contributed by atoms with Gasteiger partial charge in [-0.3, -0.25) is 0 Å². The summed E-state index contributed by atoms with van der Waals surface area (Å²) in [4.78, 5) is 0. The van der Waals surface area contributed by atoms with E-state index in [-0.39, 0.29) is 6.61 Å². The Morgan fingerprint density at radius 1 is 1.50 bits per heavy atom. The van der Waals surface area contributed by atoms with Gasteiger partial charge in [0.05, 0.1) is 0 Å². The summed E-state index contributed by atoms with van der Waals surface area (Å²) in [6, 6.07) is 1.27. The Morgan fingerprint density at radius 2 is 2.29 bits per heavy atom. The van der Waals surface area contributed by atoms with Crippen molar-refractivity contribution in [2.75, 3.05) is 19.7 Å². The van der Waals surface area contributed by atoms with Crippen LogP contribution >= 0.6 is 0 Å². The van der Waals surface area contributed by atoms with Crippen LogP contribution in [0.25, 0.3) is 0 Å². The Hall–Kier alpha value is -0.120. The summed E-state index contributed by atoms with van der Waals surface area (Å²) in [5.41, 5.74) is 0. The average Bonchev–Trinajstić information content (AvgIpc) is 2.66. The largest absolute Gasteiger partial charge is 0.396 e. The molecule has 3 unspecified atom stereocenters. The SMILES string of the molecule is CC(CO)CNC(C)CC1CCCN1. The highest BCUT2D eigenvalue weighted by atomic mass is 16.3. The van der Waals surface area contributed by atoms with Gasteiger partial charge in [-0.2, -0.15) is 0 Å². The highest BCUT2D eigenvalue weighted by molar-refractivity contribution is 4.78. The molecule has 0 bridgehead atoms. The summed E-state index contributed by atoms with van der Waals surface area (Å²) < 4.78 is 0. The summed E-state index contributed by atoms with van der Waals surface area (Å²) >= 11 is 0. The molecule has 3 heteroatoms. The maximum atomic E-state index is 8.88. The van der Waals surface area contributed by atoms with E-state index in [1.165, 1.54) is 25.8 Å². The summed E-state index contributed by atoms with van der Waals surface area (Å²) in [5.74, 6) is 0.369. The lowest BCUT2D eigenvalue weighted by Gasteiger charge is -2.19. The standard InChI is InChI=1S/C11H24N2O/c1-9(8-14)7-13-10(2)6-11-4-3-5-12-11/h9-14H,3-8H2,1-2H3. The van der Waals surface area contributed by atoms with Crippen molar-refractivity contribution in [1.29, 1.82) is 0 Å². The Kier molecular flexibility index (Phi) is 5.45. The van der Waals surface area contributed by atoms with Gasteiger partial charge in [-0.15, -0.1) is 0 Å². The van der Waals surface area contributed by atoms with Crippen molar-refractivity contribution in [3.63, 3.8) is 0 Å². The molecule has 84 valence electrons. The second-order valence-electron chi connectivity index (χ2n) is 4.63. The number of aliphatic hydroxyl groups excluding tert-OH is 1. The summed E-state index contributed by atoms with van der Waals surface area (Å²) in [5, 5.41) is 15.8. The molecule has 0 spiro atoms. The van der Waals surface area contributed by atoms with Gasteiger partial charge < -0.3 is 15.7 Å². The third-order valence-corrected chi connectivity index (χ3v) is 2.93. The van der Waals surface area contributed by atoms with Gasteiger partial charge in [0.15, 0.2) is 0 Å². The molecule has 0 amide bonds. The van der Waals surface area contributed by atoms with Crippen LogP contribution in [0.5, 0.6) is 0 Å². The molecule has 1 fully saturated rings. The minimum atomic E-state index is 0.279. The molecule has 1 heterocycles. The van der Waals surface area contributed by atoms with Crippen LogP contribution in [0.4, 0.5) is 0 Å². The van der Waals surface area contributed by atoms with E-state index >= 15 is 0 Å². The molecule has 0 aromatic rings. The number of nitrogens with one attached hydrogen (secondary N) is 2. The first-order valence-corrected chi connectivity index (χ1v) is 5.80. The third-order valence-electron chi connectivity index (χ3n) is 2.93. The van der Waals surface area contributed by atoms with Crippen molar-refractivity contribution in [2.24, 2.45) is 5.92 Å². The van der Waals surface area contributed by atoms with Crippen molar-refractivity contribution < 1.29 is 5.11 Å². The zero-order valence-electron chi connectivity index (χ0n) is 9.42. The van der Waals surface area contributed by atoms with E-state index in [0.717, 1.165) is 6.54 Å². The van der Waals surface area contributed by atoms with Crippen LogP contribution < -0.4 is 10.6 Å². The molecule has 0 aromatic heterocycles. The molecule has 1 aliphatic heterocycles. The third kappa shape index (κ3) is 4.40. The van der Waals surface area contributed by atoms with E-state index in [1.807, 2.05) is 0 Å². The maximum absolute atomic E-state index is 8.88. The van der Waals surface area contributed by atoms with Crippen molar-refractivity contribution >= 4 is 0 Å². The van der Waals surface area contributed by atoms with E-state index in [0.29, 0.717) is 18.0 Å². The highest BCUT2D eigenvalue weighted by Crippen LogP contribution is 2.10. The monoisotopic (exact) mass is 200 g/mol. The smallest absolute Gasteiger partial charge is 0.0468 e. The molecule has 14 heavy (non-hydrogen) atoms. The zero-order valence-corrected chi connectivity index (χ0v) is 9.42. The Bertz CT molecular complexity index is 146. The van der Waals surface area contributed by atoms with E-state index in [1.54, 1.807) is 0 Å². The minimum absolute atomic E-state index is 0.279. The minimum Gasteiger partial charge on any atom is -0.396 e. The highest BCUT2D eigenvalue weighted by Gasteiger charge is 2.16.